The third kappa shape index (κ3) is 3.16. The molecule has 0 saturated heterocycles. The van der Waals surface area contributed by atoms with Gasteiger partial charge in [0.25, 0.3) is 0 Å². The highest BCUT2D eigenvalue weighted by atomic mass is 32.2. The Morgan fingerprint density at radius 3 is 2.06 bits per heavy atom. The molecule has 2 aromatic rings. The lowest BCUT2D eigenvalue weighted by atomic mass is 10.1. The van der Waals surface area contributed by atoms with Gasteiger partial charge in [-0.3, -0.25) is 0 Å². The lowest BCUT2D eigenvalue weighted by Gasteiger charge is -2.17. The molecule has 1 N–H and O–H groups in total. The van der Waals surface area contributed by atoms with Crippen LogP contribution in [0.1, 0.15) is 11.7 Å². The summed E-state index contributed by atoms with van der Waals surface area (Å²) in [7, 11) is 0. The summed E-state index contributed by atoms with van der Waals surface area (Å²) in [5.41, 5.74) is 0.851. The van der Waals surface area contributed by atoms with E-state index < -0.39 is 6.10 Å². The van der Waals surface area contributed by atoms with Crippen molar-refractivity contribution < 1.29 is 5.11 Å². The molecule has 0 spiro atoms. The molecule has 0 heterocycles. The Balaban J connectivity index is 2.13. The molecular weight excluding hydrogens is 240 g/mol. The van der Waals surface area contributed by atoms with Crippen molar-refractivity contribution in [1.29, 1.82) is 0 Å². The van der Waals surface area contributed by atoms with Crippen molar-refractivity contribution >= 4 is 11.8 Å². The molecule has 0 fully saturated rings. The highest BCUT2D eigenvalue weighted by Crippen LogP contribution is 2.31. The minimum atomic E-state index is -0.651. The topological polar surface area (TPSA) is 20.2 Å². The Morgan fingerprint density at radius 2 is 1.50 bits per heavy atom. The Hall–Kier alpha value is -1.69. The highest BCUT2D eigenvalue weighted by molar-refractivity contribution is 8.00. The van der Waals surface area contributed by atoms with Crippen molar-refractivity contribution in [3.05, 3.63) is 66.2 Å². The van der Waals surface area contributed by atoms with Crippen molar-refractivity contribution in [2.75, 3.05) is 0 Å². The van der Waals surface area contributed by atoms with E-state index in [0.29, 0.717) is 0 Å². The van der Waals surface area contributed by atoms with Gasteiger partial charge in [0.2, 0.25) is 0 Å². The molecule has 2 heteroatoms. The molecule has 18 heavy (non-hydrogen) atoms. The highest BCUT2D eigenvalue weighted by Gasteiger charge is 2.19. The fourth-order valence-electron chi connectivity index (χ4n) is 1.66. The molecule has 0 bridgehead atoms. The summed E-state index contributed by atoms with van der Waals surface area (Å²) in [4.78, 5) is 1.07. The van der Waals surface area contributed by atoms with Crippen LogP contribution in [0.3, 0.4) is 0 Å². The summed E-state index contributed by atoms with van der Waals surface area (Å²) in [6.07, 6.45) is 4.88. The van der Waals surface area contributed by atoms with E-state index in [-0.39, 0.29) is 5.25 Å². The largest absolute Gasteiger partial charge is 0.386 e. The van der Waals surface area contributed by atoms with Gasteiger partial charge in [0.1, 0.15) is 11.4 Å². The standard InChI is InChI=1S/C16H14OS/c1-2-15(18-14-11-7-4-8-12-14)16(17)13-9-5-3-6-10-13/h1,3-12,15-17H/t15?,16-/m1/s1. The normalized spacial score (nSPS) is 13.6. The van der Waals surface area contributed by atoms with Crippen molar-refractivity contribution in [3.8, 4) is 12.3 Å². The van der Waals surface area contributed by atoms with Crippen LogP contribution >= 0.6 is 11.8 Å². The predicted octanol–water partition coefficient (Wildman–Crippen LogP) is 3.51. The lowest BCUT2D eigenvalue weighted by molar-refractivity contribution is 0.189. The maximum absolute atomic E-state index is 10.3. The van der Waals surface area contributed by atoms with Crippen molar-refractivity contribution in [2.24, 2.45) is 0 Å². The van der Waals surface area contributed by atoms with Gasteiger partial charge in [-0.2, -0.15) is 0 Å². The minimum absolute atomic E-state index is 0.283. The summed E-state index contributed by atoms with van der Waals surface area (Å²) in [5.74, 6) is 2.66. The van der Waals surface area contributed by atoms with Gasteiger partial charge in [-0.15, -0.1) is 18.2 Å². The molecule has 2 aromatic carbocycles. The van der Waals surface area contributed by atoms with Crippen LogP contribution in [-0.4, -0.2) is 10.4 Å². The van der Waals surface area contributed by atoms with E-state index in [4.69, 9.17) is 6.42 Å². The van der Waals surface area contributed by atoms with Gasteiger partial charge in [-0.05, 0) is 17.7 Å². The Labute approximate surface area is 112 Å². The van der Waals surface area contributed by atoms with E-state index in [1.165, 1.54) is 11.8 Å². The summed E-state index contributed by atoms with van der Waals surface area (Å²) < 4.78 is 0. The predicted molar refractivity (Wildman–Crippen MR) is 76.3 cm³/mol. The van der Waals surface area contributed by atoms with Crippen LogP contribution in [0.15, 0.2) is 65.6 Å². The first-order valence-corrected chi connectivity index (χ1v) is 6.60. The van der Waals surface area contributed by atoms with E-state index in [2.05, 4.69) is 5.92 Å². The Bertz CT molecular complexity index is 516. The molecule has 0 radical (unpaired) electrons. The molecule has 0 aliphatic carbocycles. The number of thioether (sulfide) groups is 1. The number of hydrogen-bond donors (Lipinski definition) is 1. The van der Waals surface area contributed by atoms with Gasteiger partial charge in [-0.25, -0.2) is 0 Å². The molecule has 2 atom stereocenters. The van der Waals surface area contributed by atoms with E-state index >= 15 is 0 Å². The van der Waals surface area contributed by atoms with Crippen LogP contribution < -0.4 is 0 Å². The number of aliphatic hydroxyl groups excluding tert-OH is 1. The second-order valence-electron chi connectivity index (χ2n) is 3.87. The zero-order chi connectivity index (χ0) is 12.8. The molecular formula is C16H14OS. The maximum Gasteiger partial charge on any atom is 0.102 e. The Morgan fingerprint density at radius 1 is 0.944 bits per heavy atom. The quantitative estimate of drug-likeness (QED) is 0.665. The first-order valence-electron chi connectivity index (χ1n) is 5.72. The molecule has 0 saturated carbocycles. The lowest BCUT2D eigenvalue weighted by Crippen LogP contribution is -2.12. The Kier molecular flexibility index (Phi) is 4.46. The average Bonchev–Trinajstić information content (AvgIpc) is 2.46. The number of benzene rings is 2. The number of aliphatic hydroxyl groups is 1. The van der Waals surface area contributed by atoms with Crippen LogP contribution in [0.25, 0.3) is 0 Å². The summed E-state index contributed by atoms with van der Waals surface area (Å²) in [6, 6.07) is 19.4. The van der Waals surface area contributed by atoms with Gasteiger partial charge >= 0.3 is 0 Å². The zero-order valence-corrected chi connectivity index (χ0v) is 10.7. The third-order valence-electron chi connectivity index (χ3n) is 2.60. The SMILES string of the molecule is C#CC(Sc1ccccc1)[C@H](O)c1ccccc1. The van der Waals surface area contributed by atoms with Crippen molar-refractivity contribution in [1.82, 2.24) is 0 Å². The molecule has 0 aromatic heterocycles. The van der Waals surface area contributed by atoms with E-state index in [1.54, 1.807) is 0 Å². The summed E-state index contributed by atoms with van der Waals surface area (Å²) in [6.45, 7) is 0. The number of hydrogen-bond acceptors (Lipinski definition) is 2. The molecule has 1 unspecified atom stereocenters. The van der Waals surface area contributed by atoms with Gasteiger partial charge in [0.05, 0.1) is 0 Å². The van der Waals surface area contributed by atoms with Crippen LogP contribution in [0.4, 0.5) is 0 Å². The molecule has 90 valence electrons. The van der Waals surface area contributed by atoms with Crippen molar-refractivity contribution in [2.45, 2.75) is 16.2 Å². The maximum atomic E-state index is 10.3. The molecule has 2 rings (SSSR count). The first-order chi connectivity index (χ1) is 8.81. The minimum Gasteiger partial charge on any atom is -0.386 e. The molecule has 0 amide bonds. The second-order valence-corrected chi connectivity index (χ2v) is 5.09. The fourth-order valence-corrected chi connectivity index (χ4v) is 2.62. The smallest absolute Gasteiger partial charge is 0.102 e. The zero-order valence-electron chi connectivity index (χ0n) is 9.86. The van der Waals surface area contributed by atoms with Crippen LogP contribution in [0.2, 0.25) is 0 Å². The van der Waals surface area contributed by atoms with Gasteiger partial charge < -0.3 is 5.11 Å². The number of terminal acetylenes is 1. The van der Waals surface area contributed by atoms with E-state index in [0.717, 1.165) is 10.5 Å². The van der Waals surface area contributed by atoms with E-state index in [1.807, 2.05) is 60.7 Å². The number of rotatable bonds is 4. The van der Waals surface area contributed by atoms with Gasteiger partial charge in [-0.1, -0.05) is 54.5 Å². The van der Waals surface area contributed by atoms with E-state index in [9.17, 15) is 5.11 Å². The van der Waals surface area contributed by atoms with Crippen LogP contribution in [-0.2, 0) is 0 Å². The monoisotopic (exact) mass is 254 g/mol. The van der Waals surface area contributed by atoms with Crippen molar-refractivity contribution in [3.63, 3.8) is 0 Å². The molecule has 0 aliphatic rings. The second kappa shape index (κ2) is 6.30. The van der Waals surface area contributed by atoms with Gasteiger partial charge in [0.15, 0.2) is 0 Å². The van der Waals surface area contributed by atoms with Crippen LogP contribution in [0, 0.1) is 12.3 Å². The molecule has 1 nitrogen and oxygen atoms in total. The first kappa shape index (κ1) is 12.8. The summed E-state index contributed by atoms with van der Waals surface area (Å²) in [5, 5.41) is 10.00. The fraction of sp³-hybridized carbons (Fsp3) is 0.125. The summed E-state index contributed by atoms with van der Waals surface area (Å²) >= 11 is 1.51. The van der Waals surface area contributed by atoms with Gasteiger partial charge in [0, 0.05) is 4.90 Å². The molecule has 0 aliphatic heterocycles. The average molecular weight is 254 g/mol. The van der Waals surface area contributed by atoms with Crippen LogP contribution in [0.5, 0.6) is 0 Å². The third-order valence-corrected chi connectivity index (χ3v) is 3.79.